The summed E-state index contributed by atoms with van der Waals surface area (Å²) in [6, 6.07) is 0. The minimum atomic E-state index is -0.245. The average Bonchev–Trinajstić information content (AvgIpc) is 2.70. The molecule has 0 saturated carbocycles. The van der Waals surface area contributed by atoms with E-state index in [1.807, 2.05) is 0 Å². The maximum absolute atomic E-state index is 12.3. The van der Waals surface area contributed by atoms with Crippen molar-refractivity contribution in [2.75, 3.05) is 13.1 Å². The Bertz CT molecular complexity index is 217. The summed E-state index contributed by atoms with van der Waals surface area (Å²) in [5.74, 6) is 0.636. The van der Waals surface area contributed by atoms with Gasteiger partial charge >= 0.3 is 0 Å². The highest BCUT2D eigenvalue weighted by Crippen LogP contribution is 2.26. The molecule has 0 aromatic carbocycles. The number of likely N-dealkylation sites (tertiary alicyclic amines) is 1. The molecule has 1 saturated heterocycles. The minimum absolute atomic E-state index is 0.214. The fraction of sp³-hybridized carbons (Fsp3) is 0.923. The van der Waals surface area contributed by atoms with E-state index < -0.39 is 0 Å². The molecule has 15 heavy (non-hydrogen) atoms. The van der Waals surface area contributed by atoms with Crippen molar-refractivity contribution in [3.8, 4) is 0 Å². The minimum Gasteiger partial charge on any atom is -0.297 e. The van der Waals surface area contributed by atoms with Crippen LogP contribution in [0.15, 0.2) is 0 Å². The summed E-state index contributed by atoms with van der Waals surface area (Å²) in [7, 11) is 0. The maximum Gasteiger partial charge on any atom is 0.155 e. The Morgan fingerprint density at radius 2 is 1.87 bits per heavy atom. The molecule has 2 nitrogen and oxygen atoms in total. The molecule has 88 valence electrons. The van der Waals surface area contributed by atoms with E-state index in [1.54, 1.807) is 0 Å². The molecule has 1 atom stereocenters. The van der Waals surface area contributed by atoms with Crippen LogP contribution in [0.3, 0.4) is 0 Å². The van der Waals surface area contributed by atoms with Crippen LogP contribution in [0.1, 0.15) is 53.4 Å². The van der Waals surface area contributed by atoms with E-state index in [-0.39, 0.29) is 11.5 Å². The number of nitrogens with zero attached hydrogens (tertiary/aromatic N) is 1. The Morgan fingerprint density at radius 1 is 1.33 bits per heavy atom. The Balaban J connectivity index is 2.62. The molecular weight excluding hydrogens is 186 g/mol. The van der Waals surface area contributed by atoms with Crippen LogP contribution in [-0.4, -0.2) is 29.3 Å². The molecular formula is C13H25NO. The predicted molar refractivity (Wildman–Crippen MR) is 64.0 cm³/mol. The fourth-order valence-electron chi connectivity index (χ4n) is 2.60. The van der Waals surface area contributed by atoms with Crippen LogP contribution in [-0.2, 0) is 4.79 Å². The van der Waals surface area contributed by atoms with E-state index in [0.717, 1.165) is 25.9 Å². The monoisotopic (exact) mass is 211 g/mol. The highest BCUT2D eigenvalue weighted by molar-refractivity contribution is 5.89. The van der Waals surface area contributed by atoms with Gasteiger partial charge in [0, 0.05) is 5.92 Å². The molecule has 0 aliphatic carbocycles. The van der Waals surface area contributed by atoms with E-state index in [9.17, 15) is 4.79 Å². The molecule has 1 fully saturated rings. The second kappa shape index (κ2) is 5.11. The summed E-state index contributed by atoms with van der Waals surface area (Å²) in [5.41, 5.74) is -0.245. The van der Waals surface area contributed by atoms with Crippen molar-refractivity contribution in [3.05, 3.63) is 0 Å². The summed E-state index contributed by atoms with van der Waals surface area (Å²) in [6.07, 6.45) is 4.62. The van der Waals surface area contributed by atoms with Crippen molar-refractivity contribution in [2.24, 2.45) is 5.92 Å². The number of hydrogen-bond donors (Lipinski definition) is 0. The summed E-state index contributed by atoms with van der Waals surface area (Å²) in [4.78, 5) is 14.6. The highest BCUT2D eigenvalue weighted by atomic mass is 16.1. The van der Waals surface area contributed by atoms with E-state index in [2.05, 4.69) is 32.6 Å². The number of Topliss-reactive ketones (excluding diaryl/α,β-unsaturated/α-hetero) is 1. The molecule has 0 aromatic rings. The fourth-order valence-corrected chi connectivity index (χ4v) is 2.60. The molecule has 0 aromatic heterocycles. The smallest absolute Gasteiger partial charge is 0.155 e. The van der Waals surface area contributed by atoms with Crippen LogP contribution in [0, 0.1) is 5.92 Å². The first-order valence-electron chi connectivity index (χ1n) is 6.29. The molecule has 0 radical (unpaired) electrons. The number of ketones is 1. The Kier molecular flexibility index (Phi) is 4.32. The molecule has 0 N–H and O–H groups in total. The number of carbonyl (C=O) groups is 1. The van der Waals surface area contributed by atoms with Gasteiger partial charge in [0.15, 0.2) is 5.78 Å². The van der Waals surface area contributed by atoms with Crippen molar-refractivity contribution in [1.82, 2.24) is 4.90 Å². The first-order valence-corrected chi connectivity index (χ1v) is 6.29. The summed E-state index contributed by atoms with van der Waals surface area (Å²) < 4.78 is 0. The SMILES string of the molecule is CCCC(C)C(=O)C(C)(C)N1CCCC1. The van der Waals surface area contributed by atoms with Gasteiger partial charge in [-0.3, -0.25) is 9.69 Å². The van der Waals surface area contributed by atoms with E-state index in [0.29, 0.717) is 5.78 Å². The lowest BCUT2D eigenvalue weighted by Gasteiger charge is -2.35. The van der Waals surface area contributed by atoms with Crippen molar-refractivity contribution in [2.45, 2.75) is 58.9 Å². The van der Waals surface area contributed by atoms with Gasteiger partial charge in [-0.25, -0.2) is 0 Å². The average molecular weight is 211 g/mol. The second-order valence-electron chi connectivity index (χ2n) is 5.31. The van der Waals surface area contributed by atoms with Crippen molar-refractivity contribution >= 4 is 5.78 Å². The Labute approximate surface area is 94.0 Å². The largest absolute Gasteiger partial charge is 0.297 e. The summed E-state index contributed by atoms with van der Waals surface area (Å²) >= 11 is 0. The van der Waals surface area contributed by atoms with Crippen LogP contribution < -0.4 is 0 Å². The van der Waals surface area contributed by atoms with Crippen LogP contribution in [0.25, 0.3) is 0 Å². The zero-order valence-electron chi connectivity index (χ0n) is 10.7. The van der Waals surface area contributed by atoms with Gasteiger partial charge in [-0.15, -0.1) is 0 Å². The molecule has 0 spiro atoms. The lowest BCUT2D eigenvalue weighted by atomic mass is 9.86. The van der Waals surface area contributed by atoms with Gasteiger partial charge in [0.1, 0.15) is 0 Å². The molecule has 1 unspecified atom stereocenters. The summed E-state index contributed by atoms with van der Waals surface area (Å²) in [6.45, 7) is 10.6. The quantitative estimate of drug-likeness (QED) is 0.697. The van der Waals surface area contributed by atoms with Crippen LogP contribution in [0.4, 0.5) is 0 Å². The number of hydrogen-bond acceptors (Lipinski definition) is 2. The zero-order valence-corrected chi connectivity index (χ0v) is 10.7. The molecule has 0 amide bonds. The molecule has 1 rings (SSSR count). The van der Waals surface area contributed by atoms with Crippen molar-refractivity contribution in [1.29, 1.82) is 0 Å². The molecule has 2 heteroatoms. The van der Waals surface area contributed by atoms with Crippen LogP contribution in [0.5, 0.6) is 0 Å². The Morgan fingerprint density at radius 3 is 2.33 bits per heavy atom. The normalized spacial score (nSPS) is 20.5. The van der Waals surface area contributed by atoms with E-state index >= 15 is 0 Å². The zero-order chi connectivity index (χ0) is 11.5. The topological polar surface area (TPSA) is 20.3 Å². The van der Waals surface area contributed by atoms with Gasteiger partial charge < -0.3 is 0 Å². The van der Waals surface area contributed by atoms with Gasteiger partial charge in [-0.05, 0) is 46.2 Å². The second-order valence-corrected chi connectivity index (χ2v) is 5.31. The number of rotatable bonds is 5. The first kappa shape index (κ1) is 12.7. The van der Waals surface area contributed by atoms with Gasteiger partial charge in [0.2, 0.25) is 0 Å². The highest BCUT2D eigenvalue weighted by Gasteiger charge is 2.37. The van der Waals surface area contributed by atoms with E-state index in [1.165, 1.54) is 12.8 Å². The van der Waals surface area contributed by atoms with Gasteiger partial charge in [0.05, 0.1) is 5.54 Å². The predicted octanol–water partition coefficient (Wildman–Crippen LogP) is 2.87. The molecule has 1 aliphatic rings. The van der Waals surface area contributed by atoms with Crippen LogP contribution >= 0.6 is 0 Å². The van der Waals surface area contributed by atoms with E-state index in [4.69, 9.17) is 0 Å². The third-order valence-corrected chi connectivity index (χ3v) is 3.67. The lowest BCUT2D eigenvalue weighted by Crippen LogP contribution is -2.50. The first-order chi connectivity index (χ1) is 7.00. The Hall–Kier alpha value is -0.370. The summed E-state index contributed by atoms with van der Waals surface area (Å²) in [5, 5.41) is 0. The molecule has 1 heterocycles. The third-order valence-electron chi connectivity index (χ3n) is 3.67. The van der Waals surface area contributed by atoms with Gasteiger partial charge in [-0.2, -0.15) is 0 Å². The van der Waals surface area contributed by atoms with Crippen molar-refractivity contribution in [3.63, 3.8) is 0 Å². The van der Waals surface area contributed by atoms with Crippen molar-refractivity contribution < 1.29 is 4.79 Å². The lowest BCUT2D eigenvalue weighted by molar-refractivity contribution is -0.132. The maximum atomic E-state index is 12.3. The van der Waals surface area contributed by atoms with Gasteiger partial charge in [-0.1, -0.05) is 20.3 Å². The van der Waals surface area contributed by atoms with Gasteiger partial charge in [0.25, 0.3) is 0 Å². The number of carbonyl (C=O) groups excluding carboxylic acids is 1. The third kappa shape index (κ3) is 2.81. The van der Waals surface area contributed by atoms with Crippen LogP contribution in [0.2, 0.25) is 0 Å². The molecule has 1 aliphatic heterocycles. The molecule has 0 bridgehead atoms. The standard InChI is InChI=1S/C13H25NO/c1-5-8-11(2)12(15)13(3,4)14-9-6-7-10-14/h11H,5-10H2,1-4H3.